The van der Waals surface area contributed by atoms with Crippen LogP contribution >= 0.6 is 11.3 Å². The molecule has 0 fully saturated rings. The van der Waals surface area contributed by atoms with Crippen molar-refractivity contribution in [1.82, 2.24) is 4.98 Å². The standard InChI is InChI=1S/C32H38F3NO3S/c1-6-8-9-10-17-26-28(40-29(36-26)24-15-11-12-16-25(24)32(33,34)35)18-13-14-23-19-20-27(22(3)21-23)39-31(4,5)30(37)38-7-2/h11-16,19-21H,6-10,17-18H2,1-5H3. The summed E-state index contributed by atoms with van der Waals surface area (Å²) < 4.78 is 52.1. The van der Waals surface area contributed by atoms with Crippen molar-refractivity contribution in [2.75, 3.05) is 6.61 Å². The van der Waals surface area contributed by atoms with Crippen LogP contribution < -0.4 is 4.74 Å². The molecule has 3 aromatic rings. The van der Waals surface area contributed by atoms with E-state index in [2.05, 4.69) is 6.92 Å². The Morgan fingerprint density at radius 3 is 2.48 bits per heavy atom. The Bertz CT molecular complexity index is 1310. The smallest absolute Gasteiger partial charge is 0.417 e. The fraction of sp³-hybridized carbons (Fsp3) is 0.438. The molecule has 1 heterocycles. The van der Waals surface area contributed by atoms with E-state index in [0.717, 1.165) is 59.9 Å². The summed E-state index contributed by atoms with van der Waals surface area (Å²) >= 11 is 1.33. The van der Waals surface area contributed by atoms with E-state index in [1.54, 1.807) is 26.8 Å². The van der Waals surface area contributed by atoms with Gasteiger partial charge in [-0.3, -0.25) is 0 Å². The number of unbranched alkanes of at least 4 members (excludes halogenated alkanes) is 3. The number of hydrogen-bond acceptors (Lipinski definition) is 5. The highest BCUT2D eigenvalue weighted by molar-refractivity contribution is 7.15. The molecule has 8 heteroatoms. The van der Waals surface area contributed by atoms with Crippen LogP contribution in [0.15, 0.2) is 48.5 Å². The molecule has 0 radical (unpaired) electrons. The quantitative estimate of drug-likeness (QED) is 0.151. The summed E-state index contributed by atoms with van der Waals surface area (Å²) in [5.41, 5.74) is 1.06. The molecule has 1 aromatic heterocycles. The number of aromatic nitrogens is 1. The molecule has 0 saturated carbocycles. The molecular weight excluding hydrogens is 535 g/mol. The van der Waals surface area contributed by atoms with Gasteiger partial charge in [0.1, 0.15) is 10.8 Å². The van der Waals surface area contributed by atoms with Crippen LogP contribution in [0.4, 0.5) is 13.2 Å². The van der Waals surface area contributed by atoms with Crippen molar-refractivity contribution in [3.63, 3.8) is 0 Å². The van der Waals surface area contributed by atoms with Crippen LogP contribution in [0.1, 0.15) is 80.6 Å². The number of thiazole rings is 1. The highest BCUT2D eigenvalue weighted by Crippen LogP contribution is 2.39. The third-order valence-corrected chi connectivity index (χ3v) is 7.61. The van der Waals surface area contributed by atoms with Crippen LogP contribution in [0.3, 0.4) is 0 Å². The maximum absolute atomic E-state index is 13.7. The number of benzene rings is 2. The average molecular weight is 574 g/mol. The molecule has 0 N–H and O–H groups in total. The first-order chi connectivity index (χ1) is 19.0. The van der Waals surface area contributed by atoms with Crippen molar-refractivity contribution in [1.29, 1.82) is 0 Å². The van der Waals surface area contributed by atoms with Gasteiger partial charge in [0, 0.05) is 16.9 Å². The van der Waals surface area contributed by atoms with Crippen molar-refractivity contribution >= 4 is 23.4 Å². The van der Waals surface area contributed by atoms with E-state index >= 15 is 0 Å². The second kappa shape index (κ2) is 14.0. The van der Waals surface area contributed by atoms with Gasteiger partial charge in [-0.2, -0.15) is 13.2 Å². The van der Waals surface area contributed by atoms with Gasteiger partial charge in [0.05, 0.1) is 17.9 Å². The van der Waals surface area contributed by atoms with Gasteiger partial charge in [-0.1, -0.05) is 62.6 Å². The number of carbonyl (C=O) groups is 1. The fourth-order valence-corrected chi connectivity index (χ4v) is 5.43. The highest BCUT2D eigenvalue weighted by atomic mass is 32.1. The van der Waals surface area contributed by atoms with Crippen molar-refractivity contribution in [2.45, 2.75) is 84.9 Å². The Hall–Kier alpha value is -3.13. The summed E-state index contributed by atoms with van der Waals surface area (Å²) in [4.78, 5) is 17.9. The van der Waals surface area contributed by atoms with E-state index in [9.17, 15) is 18.0 Å². The first-order valence-electron chi connectivity index (χ1n) is 13.7. The largest absolute Gasteiger partial charge is 0.476 e. The Morgan fingerprint density at radius 2 is 1.80 bits per heavy atom. The summed E-state index contributed by atoms with van der Waals surface area (Å²) in [6.45, 7) is 9.45. The molecule has 0 atom stereocenters. The third kappa shape index (κ3) is 8.43. The number of alkyl halides is 3. The first-order valence-corrected chi connectivity index (χ1v) is 14.6. The van der Waals surface area contributed by atoms with Gasteiger partial charge in [0.15, 0.2) is 5.60 Å². The summed E-state index contributed by atoms with van der Waals surface area (Å²) in [6.07, 6.45) is 5.13. The number of halogens is 3. The lowest BCUT2D eigenvalue weighted by molar-refractivity contribution is -0.158. The van der Waals surface area contributed by atoms with E-state index < -0.39 is 23.3 Å². The SMILES string of the molecule is CCCCCCc1nc(-c2ccccc2C(F)(F)F)sc1CC=Cc1ccc(OC(C)(C)C(=O)OCC)c(C)c1. The van der Waals surface area contributed by atoms with Gasteiger partial charge < -0.3 is 9.47 Å². The normalized spacial score (nSPS) is 12.2. The lowest BCUT2D eigenvalue weighted by Gasteiger charge is -2.25. The molecule has 0 amide bonds. The molecule has 0 spiro atoms. The molecular formula is C32H38F3NO3S. The number of hydrogen-bond donors (Lipinski definition) is 0. The predicted octanol–water partition coefficient (Wildman–Crippen LogP) is 9.24. The molecule has 40 heavy (non-hydrogen) atoms. The maximum Gasteiger partial charge on any atom is 0.417 e. The zero-order valence-corrected chi connectivity index (χ0v) is 24.7. The van der Waals surface area contributed by atoms with Crippen molar-refractivity contribution in [3.8, 4) is 16.3 Å². The van der Waals surface area contributed by atoms with Crippen LogP contribution in [0, 0.1) is 6.92 Å². The molecule has 0 aliphatic heterocycles. The van der Waals surface area contributed by atoms with E-state index in [0.29, 0.717) is 17.2 Å². The van der Waals surface area contributed by atoms with Crippen LogP contribution in [-0.4, -0.2) is 23.2 Å². The van der Waals surface area contributed by atoms with Crippen molar-refractivity contribution in [2.24, 2.45) is 0 Å². The molecule has 216 valence electrons. The molecule has 0 unspecified atom stereocenters. The van der Waals surface area contributed by atoms with Gasteiger partial charge in [-0.25, -0.2) is 9.78 Å². The fourth-order valence-electron chi connectivity index (χ4n) is 4.30. The molecule has 0 bridgehead atoms. The van der Waals surface area contributed by atoms with Gasteiger partial charge in [0.25, 0.3) is 0 Å². The number of nitrogens with zero attached hydrogens (tertiary/aromatic N) is 1. The van der Waals surface area contributed by atoms with Gasteiger partial charge in [-0.15, -0.1) is 11.3 Å². The number of aryl methyl sites for hydroxylation is 2. The minimum atomic E-state index is -4.44. The molecule has 0 aliphatic carbocycles. The zero-order chi connectivity index (χ0) is 29.3. The lowest BCUT2D eigenvalue weighted by Crippen LogP contribution is -2.39. The second-order valence-electron chi connectivity index (χ2n) is 10.2. The van der Waals surface area contributed by atoms with Gasteiger partial charge in [0.2, 0.25) is 0 Å². The Labute approximate surface area is 239 Å². The summed E-state index contributed by atoms with van der Waals surface area (Å²) in [5, 5.41) is 0.406. The topological polar surface area (TPSA) is 48.4 Å². The maximum atomic E-state index is 13.7. The highest BCUT2D eigenvalue weighted by Gasteiger charge is 2.34. The van der Waals surface area contributed by atoms with Crippen LogP contribution in [0.2, 0.25) is 0 Å². The minimum absolute atomic E-state index is 0.127. The number of rotatable bonds is 13. The van der Waals surface area contributed by atoms with Crippen LogP contribution in [0.5, 0.6) is 5.75 Å². The number of ether oxygens (including phenoxy) is 2. The number of allylic oxidation sites excluding steroid dienone is 1. The second-order valence-corrected chi connectivity index (χ2v) is 11.3. The summed E-state index contributed by atoms with van der Waals surface area (Å²) in [7, 11) is 0. The predicted molar refractivity (Wildman–Crippen MR) is 156 cm³/mol. The molecule has 3 rings (SSSR count). The van der Waals surface area contributed by atoms with Gasteiger partial charge >= 0.3 is 12.1 Å². The number of esters is 1. The monoisotopic (exact) mass is 573 g/mol. The molecule has 4 nitrogen and oxygen atoms in total. The molecule has 0 aliphatic rings. The minimum Gasteiger partial charge on any atom is -0.476 e. The van der Waals surface area contributed by atoms with Crippen molar-refractivity contribution < 1.29 is 27.4 Å². The van der Waals surface area contributed by atoms with Crippen LogP contribution in [-0.2, 0) is 28.5 Å². The number of carbonyl (C=O) groups excluding carboxylic acids is 1. The molecule has 2 aromatic carbocycles. The average Bonchev–Trinajstić information content (AvgIpc) is 3.30. The third-order valence-electron chi connectivity index (χ3n) is 6.45. The van der Waals surface area contributed by atoms with E-state index in [1.165, 1.54) is 23.5 Å². The Kier molecular flexibility index (Phi) is 11.0. The molecule has 0 saturated heterocycles. The first kappa shape index (κ1) is 31.4. The lowest BCUT2D eigenvalue weighted by atomic mass is 10.1. The Balaban J connectivity index is 1.80. The van der Waals surface area contributed by atoms with Crippen molar-refractivity contribution in [3.05, 3.63) is 75.8 Å². The van der Waals surface area contributed by atoms with E-state index in [-0.39, 0.29) is 12.2 Å². The summed E-state index contributed by atoms with van der Waals surface area (Å²) in [5.74, 6) is 0.172. The Morgan fingerprint density at radius 1 is 1.05 bits per heavy atom. The summed E-state index contributed by atoms with van der Waals surface area (Å²) in [6, 6.07) is 11.3. The van der Waals surface area contributed by atoms with E-state index in [4.69, 9.17) is 14.5 Å². The van der Waals surface area contributed by atoms with E-state index in [1.807, 2.05) is 37.3 Å². The van der Waals surface area contributed by atoms with Crippen LogP contribution in [0.25, 0.3) is 16.6 Å². The zero-order valence-electron chi connectivity index (χ0n) is 23.9. The van der Waals surface area contributed by atoms with Gasteiger partial charge in [-0.05, 0) is 69.9 Å².